The van der Waals surface area contributed by atoms with E-state index in [1.807, 2.05) is 29.9 Å². The van der Waals surface area contributed by atoms with Gasteiger partial charge in [-0.1, -0.05) is 6.07 Å². The van der Waals surface area contributed by atoms with Gasteiger partial charge in [0, 0.05) is 43.2 Å². The Hall–Kier alpha value is -2.47. The lowest BCUT2D eigenvalue weighted by Gasteiger charge is -2.24. The van der Waals surface area contributed by atoms with Crippen LogP contribution in [0.1, 0.15) is 41.5 Å². The first kappa shape index (κ1) is 16.0. The van der Waals surface area contributed by atoms with Crippen LogP contribution in [0.25, 0.3) is 5.65 Å². The molecule has 3 aromatic heterocycles. The van der Waals surface area contributed by atoms with E-state index in [0.717, 1.165) is 30.8 Å². The molecule has 3 aromatic rings. The molecule has 0 radical (unpaired) electrons. The van der Waals surface area contributed by atoms with Crippen LogP contribution in [0.15, 0.2) is 35.3 Å². The van der Waals surface area contributed by atoms with E-state index in [2.05, 4.69) is 28.8 Å². The number of likely N-dealkylation sites (tertiary alicyclic amines) is 1. The van der Waals surface area contributed by atoms with Gasteiger partial charge in [0.25, 0.3) is 5.56 Å². The van der Waals surface area contributed by atoms with Gasteiger partial charge in [-0.05, 0) is 45.4 Å². The zero-order chi connectivity index (χ0) is 17.6. The highest BCUT2D eigenvalue weighted by molar-refractivity contribution is 5.38. The van der Waals surface area contributed by atoms with Crippen molar-refractivity contribution in [2.24, 2.45) is 7.05 Å². The van der Waals surface area contributed by atoms with Crippen LogP contribution in [-0.2, 0) is 13.6 Å². The fraction of sp³-hybridized carbons (Fsp3) is 0.421. The summed E-state index contributed by atoms with van der Waals surface area (Å²) in [6.07, 6.45) is 4.04. The molecule has 130 valence electrons. The van der Waals surface area contributed by atoms with Gasteiger partial charge >= 0.3 is 0 Å². The third-order valence-electron chi connectivity index (χ3n) is 5.25. The molecular formula is C19H23N5O. The summed E-state index contributed by atoms with van der Waals surface area (Å²) in [5.74, 6) is 0. The third-order valence-corrected chi connectivity index (χ3v) is 5.25. The molecule has 0 N–H and O–H groups in total. The molecule has 0 saturated carbocycles. The fourth-order valence-corrected chi connectivity index (χ4v) is 4.01. The second kappa shape index (κ2) is 6.11. The monoisotopic (exact) mass is 337 g/mol. The Morgan fingerprint density at radius 1 is 1.28 bits per heavy atom. The highest BCUT2D eigenvalue weighted by atomic mass is 16.1. The number of rotatable bonds is 3. The van der Waals surface area contributed by atoms with E-state index in [0.29, 0.717) is 18.2 Å². The molecular weight excluding hydrogens is 314 g/mol. The third kappa shape index (κ3) is 2.76. The van der Waals surface area contributed by atoms with Crippen molar-refractivity contribution in [2.75, 3.05) is 6.54 Å². The number of fused-ring (bicyclic) bond motifs is 1. The summed E-state index contributed by atoms with van der Waals surface area (Å²) >= 11 is 0. The van der Waals surface area contributed by atoms with Crippen LogP contribution < -0.4 is 5.56 Å². The van der Waals surface area contributed by atoms with Gasteiger partial charge in [-0.2, -0.15) is 5.10 Å². The quantitative estimate of drug-likeness (QED) is 0.736. The number of nitrogens with zero attached hydrogens (tertiary/aromatic N) is 5. The Balaban J connectivity index is 1.67. The predicted octanol–water partition coefficient (Wildman–Crippen LogP) is 2.38. The molecule has 1 aliphatic rings. The Morgan fingerprint density at radius 2 is 2.12 bits per heavy atom. The maximum absolute atomic E-state index is 12.3. The van der Waals surface area contributed by atoms with E-state index in [9.17, 15) is 4.79 Å². The minimum absolute atomic E-state index is 0.0231. The molecule has 1 fully saturated rings. The first-order chi connectivity index (χ1) is 12.0. The van der Waals surface area contributed by atoms with Crippen molar-refractivity contribution in [3.05, 3.63) is 63.5 Å². The van der Waals surface area contributed by atoms with Crippen LogP contribution in [0.2, 0.25) is 0 Å². The van der Waals surface area contributed by atoms with Gasteiger partial charge < -0.3 is 0 Å². The number of hydrogen-bond acceptors (Lipinski definition) is 4. The minimum atomic E-state index is -0.0231. The van der Waals surface area contributed by atoms with Gasteiger partial charge in [0.05, 0.1) is 11.4 Å². The summed E-state index contributed by atoms with van der Waals surface area (Å²) in [7, 11) is 2.00. The second-order valence-corrected chi connectivity index (χ2v) is 6.85. The van der Waals surface area contributed by atoms with Gasteiger partial charge in [0.2, 0.25) is 0 Å². The average Bonchev–Trinajstić information content (AvgIpc) is 3.12. The second-order valence-electron chi connectivity index (χ2n) is 6.85. The van der Waals surface area contributed by atoms with Crippen molar-refractivity contribution in [1.29, 1.82) is 0 Å². The largest absolute Gasteiger partial charge is 0.290 e. The van der Waals surface area contributed by atoms with Crippen molar-refractivity contribution in [2.45, 2.75) is 39.3 Å². The summed E-state index contributed by atoms with van der Waals surface area (Å²) in [5.41, 5.74) is 5.17. The summed E-state index contributed by atoms with van der Waals surface area (Å²) < 4.78 is 3.54. The first-order valence-corrected chi connectivity index (χ1v) is 8.76. The molecule has 6 heteroatoms. The summed E-state index contributed by atoms with van der Waals surface area (Å²) in [6.45, 7) is 5.93. The van der Waals surface area contributed by atoms with Crippen molar-refractivity contribution in [1.82, 2.24) is 24.1 Å². The summed E-state index contributed by atoms with van der Waals surface area (Å²) in [4.78, 5) is 19.4. The number of aryl methyl sites for hydroxylation is 2. The lowest BCUT2D eigenvalue weighted by Crippen LogP contribution is -2.26. The van der Waals surface area contributed by atoms with Gasteiger partial charge in [0.1, 0.15) is 5.65 Å². The van der Waals surface area contributed by atoms with Crippen molar-refractivity contribution >= 4 is 5.65 Å². The topological polar surface area (TPSA) is 55.4 Å². The standard InChI is InChI=1S/C19H23N5O/c1-13-19(14(2)22(3)21-13)16-7-6-9-23(16)12-15-11-18(25)24-10-5-4-8-17(24)20-15/h4-5,8,10-11,16H,6-7,9,12H2,1-3H3. The van der Waals surface area contributed by atoms with E-state index >= 15 is 0 Å². The SMILES string of the molecule is Cc1nn(C)c(C)c1C1CCCN1Cc1cc(=O)n2ccccc2n1. The molecule has 4 heterocycles. The van der Waals surface area contributed by atoms with Crippen molar-refractivity contribution in [3.8, 4) is 0 Å². The number of pyridine rings is 1. The first-order valence-electron chi connectivity index (χ1n) is 8.76. The molecule has 4 rings (SSSR count). The van der Waals surface area contributed by atoms with Crippen LogP contribution in [-0.4, -0.2) is 30.6 Å². The van der Waals surface area contributed by atoms with E-state index < -0.39 is 0 Å². The molecule has 1 atom stereocenters. The Kier molecular flexibility index (Phi) is 3.92. The summed E-state index contributed by atoms with van der Waals surface area (Å²) in [6, 6.07) is 7.64. The number of hydrogen-bond donors (Lipinski definition) is 0. The van der Waals surface area contributed by atoms with E-state index in [4.69, 9.17) is 0 Å². The van der Waals surface area contributed by atoms with Gasteiger partial charge in [-0.25, -0.2) is 4.98 Å². The highest BCUT2D eigenvalue weighted by Crippen LogP contribution is 2.36. The Morgan fingerprint density at radius 3 is 2.88 bits per heavy atom. The molecule has 1 saturated heterocycles. The molecule has 0 aromatic carbocycles. The molecule has 0 amide bonds. The molecule has 0 spiro atoms. The Labute approximate surface area is 146 Å². The molecule has 1 aliphatic heterocycles. The van der Waals surface area contributed by atoms with Crippen LogP contribution in [0.4, 0.5) is 0 Å². The smallest absolute Gasteiger partial charge is 0.258 e. The predicted molar refractivity (Wildman–Crippen MR) is 96.5 cm³/mol. The average molecular weight is 337 g/mol. The van der Waals surface area contributed by atoms with Crippen LogP contribution in [0, 0.1) is 13.8 Å². The molecule has 25 heavy (non-hydrogen) atoms. The lowest BCUT2D eigenvalue weighted by molar-refractivity contribution is 0.244. The van der Waals surface area contributed by atoms with Gasteiger partial charge in [-0.3, -0.25) is 18.8 Å². The fourth-order valence-electron chi connectivity index (χ4n) is 4.01. The summed E-state index contributed by atoms with van der Waals surface area (Å²) in [5, 5.41) is 4.57. The van der Waals surface area contributed by atoms with Crippen molar-refractivity contribution in [3.63, 3.8) is 0 Å². The lowest BCUT2D eigenvalue weighted by atomic mass is 10.0. The van der Waals surface area contributed by atoms with Crippen LogP contribution in [0.3, 0.4) is 0 Å². The normalized spacial score (nSPS) is 18.3. The number of aromatic nitrogens is 4. The highest BCUT2D eigenvalue weighted by Gasteiger charge is 2.30. The maximum Gasteiger partial charge on any atom is 0.258 e. The molecule has 1 unspecified atom stereocenters. The van der Waals surface area contributed by atoms with Gasteiger partial charge in [-0.15, -0.1) is 0 Å². The van der Waals surface area contributed by atoms with Crippen LogP contribution >= 0.6 is 0 Å². The maximum atomic E-state index is 12.3. The minimum Gasteiger partial charge on any atom is -0.290 e. The van der Waals surface area contributed by atoms with Gasteiger partial charge in [0.15, 0.2) is 0 Å². The molecule has 6 nitrogen and oxygen atoms in total. The van der Waals surface area contributed by atoms with E-state index in [1.165, 1.54) is 11.3 Å². The zero-order valence-corrected chi connectivity index (χ0v) is 14.9. The molecule has 0 bridgehead atoms. The molecule has 0 aliphatic carbocycles. The van der Waals surface area contributed by atoms with E-state index in [-0.39, 0.29) is 5.56 Å². The Bertz CT molecular complexity index is 987. The van der Waals surface area contributed by atoms with Crippen molar-refractivity contribution < 1.29 is 0 Å². The zero-order valence-electron chi connectivity index (χ0n) is 14.9. The van der Waals surface area contributed by atoms with Crippen LogP contribution in [0.5, 0.6) is 0 Å². The van der Waals surface area contributed by atoms with E-state index in [1.54, 1.807) is 16.7 Å².